The number of hydroxylamine groups is 1. The second-order valence-electron chi connectivity index (χ2n) is 11.3. The van der Waals surface area contributed by atoms with Crippen molar-refractivity contribution in [3.8, 4) is 0 Å². The number of benzene rings is 2. The number of hydrogen-bond donors (Lipinski definition) is 1. The zero-order chi connectivity index (χ0) is 32.0. The molecule has 0 saturated carbocycles. The van der Waals surface area contributed by atoms with E-state index in [-0.39, 0.29) is 17.4 Å². The van der Waals surface area contributed by atoms with E-state index in [1.165, 1.54) is 4.31 Å². The molecule has 1 atom stereocenters. The van der Waals surface area contributed by atoms with Gasteiger partial charge in [-0.2, -0.15) is 17.5 Å². The Hall–Kier alpha value is -2.56. The summed E-state index contributed by atoms with van der Waals surface area (Å²) in [6, 6.07) is 15.1. The van der Waals surface area contributed by atoms with Gasteiger partial charge in [0.15, 0.2) is 10.1 Å². The first-order valence-corrected chi connectivity index (χ1v) is 15.2. The van der Waals surface area contributed by atoms with Crippen LogP contribution in [0.25, 0.3) is 0 Å². The number of rotatable bonds is 9. The van der Waals surface area contributed by atoms with Crippen LogP contribution >= 0.6 is 0 Å². The first-order chi connectivity index (χ1) is 18.4. The van der Waals surface area contributed by atoms with Crippen molar-refractivity contribution in [1.82, 2.24) is 14.3 Å². The number of hydrogen-bond acceptors (Lipinski definition) is 7. The molecule has 0 spiro atoms. The monoisotopic (exact) mass is 625 g/mol. The molecule has 15 heteroatoms. The van der Waals surface area contributed by atoms with E-state index in [0.717, 1.165) is 11.3 Å². The lowest BCUT2D eigenvalue weighted by molar-refractivity contribution is -0.151. The fourth-order valence-corrected chi connectivity index (χ4v) is 5.03. The predicted molar refractivity (Wildman–Crippen MR) is 149 cm³/mol. The summed E-state index contributed by atoms with van der Waals surface area (Å²) in [5, 5.41) is 0. The summed E-state index contributed by atoms with van der Waals surface area (Å²) in [5.41, 5.74) is -2.02. The molecule has 2 rings (SSSR count). The van der Waals surface area contributed by atoms with E-state index in [1.807, 2.05) is 86.1 Å². The zero-order valence-corrected chi connectivity index (χ0v) is 25.9. The van der Waals surface area contributed by atoms with Crippen molar-refractivity contribution in [2.45, 2.75) is 63.2 Å². The molecule has 0 saturated heterocycles. The molecule has 41 heavy (non-hydrogen) atoms. The van der Waals surface area contributed by atoms with Crippen LogP contribution in [0, 0.1) is 5.92 Å². The molecular weight excluding hydrogens is 587 g/mol. The number of nitrogens with zero attached hydrogens (tertiary/aromatic N) is 2. The Balaban J connectivity index is 0.000000915. The molecule has 0 radical (unpaired) electrons. The Kier molecular flexibility index (Phi) is 12.1. The Morgan fingerprint density at radius 3 is 1.78 bits per heavy atom. The SMILES string of the molecule is CC(C)[C@H](C(=O)NOC(C)(C)C)N(Cc1ccccc1)S(=O)(=O)c1ccc([N+](C)(C)C)cc1.O=S(=O)([O-])C(F)(F)F. The van der Waals surface area contributed by atoms with E-state index in [4.69, 9.17) is 17.8 Å². The first-order valence-electron chi connectivity index (χ1n) is 12.4. The van der Waals surface area contributed by atoms with Crippen LogP contribution in [-0.2, 0) is 36.3 Å². The van der Waals surface area contributed by atoms with Crippen molar-refractivity contribution in [1.29, 1.82) is 0 Å². The highest BCUT2D eigenvalue weighted by molar-refractivity contribution is 7.89. The number of carbonyl (C=O) groups excluding carboxylic acids is 1. The van der Waals surface area contributed by atoms with Gasteiger partial charge in [-0.25, -0.2) is 22.3 Å². The van der Waals surface area contributed by atoms with E-state index >= 15 is 0 Å². The molecule has 0 bridgehead atoms. The zero-order valence-electron chi connectivity index (χ0n) is 24.3. The molecule has 1 amide bonds. The number of halogens is 3. The summed E-state index contributed by atoms with van der Waals surface area (Å²) in [4.78, 5) is 18.8. The molecule has 232 valence electrons. The normalized spacial score (nSPS) is 13.9. The van der Waals surface area contributed by atoms with Crippen LogP contribution < -0.4 is 9.96 Å². The highest BCUT2D eigenvalue weighted by atomic mass is 32.2. The molecule has 1 N–H and O–H groups in total. The second kappa shape index (κ2) is 13.6. The molecule has 0 aromatic heterocycles. The molecule has 0 aliphatic carbocycles. The van der Waals surface area contributed by atoms with Gasteiger partial charge >= 0.3 is 5.51 Å². The van der Waals surface area contributed by atoms with Gasteiger partial charge in [0.05, 0.1) is 31.6 Å². The van der Waals surface area contributed by atoms with Crippen LogP contribution in [0.4, 0.5) is 18.9 Å². The summed E-state index contributed by atoms with van der Waals surface area (Å²) >= 11 is 0. The largest absolute Gasteiger partial charge is 0.741 e. The van der Waals surface area contributed by atoms with Crippen molar-refractivity contribution in [3.63, 3.8) is 0 Å². The van der Waals surface area contributed by atoms with E-state index in [9.17, 15) is 26.4 Å². The maximum atomic E-state index is 13.8. The number of sulfonamides is 1. The van der Waals surface area contributed by atoms with E-state index in [0.29, 0.717) is 4.48 Å². The van der Waals surface area contributed by atoms with Crippen molar-refractivity contribution in [3.05, 3.63) is 60.2 Å². The van der Waals surface area contributed by atoms with Gasteiger partial charge in [-0.3, -0.25) is 14.1 Å². The van der Waals surface area contributed by atoms with Crippen molar-refractivity contribution >= 4 is 31.7 Å². The van der Waals surface area contributed by atoms with Gasteiger partial charge < -0.3 is 4.55 Å². The topological polar surface area (TPSA) is 133 Å². The van der Waals surface area contributed by atoms with Crippen molar-refractivity contribution in [2.75, 3.05) is 21.1 Å². The molecule has 0 aliphatic rings. The van der Waals surface area contributed by atoms with Crippen LogP contribution in [0.15, 0.2) is 59.5 Å². The second-order valence-corrected chi connectivity index (χ2v) is 14.6. The Morgan fingerprint density at radius 1 is 0.951 bits per heavy atom. The summed E-state index contributed by atoms with van der Waals surface area (Å²) in [6.07, 6.45) is 0. The van der Waals surface area contributed by atoms with Gasteiger partial charge in [0, 0.05) is 18.7 Å². The lowest BCUT2D eigenvalue weighted by atomic mass is 10.0. The average molecular weight is 626 g/mol. The van der Waals surface area contributed by atoms with Crippen LogP contribution in [-0.4, -0.2) is 69.9 Å². The van der Waals surface area contributed by atoms with Crippen LogP contribution in [0.1, 0.15) is 40.2 Å². The van der Waals surface area contributed by atoms with Gasteiger partial charge in [-0.05, 0) is 44.4 Å². The molecule has 0 fully saturated rings. The van der Waals surface area contributed by atoms with Gasteiger partial charge in [-0.15, -0.1) is 0 Å². The maximum absolute atomic E-state index is 13.8. The van der Waals surface area contributed by atoms with Crippen molar-refractivity contribution < 1.29 is 44.2 Å². The number of nitrogens with one attached hydrogen (secondary N) is 1. The Morgan fingerprint density at radius 2 is 1.41 bits per heavy atom. The number of carbonyl (C=O) groups is 1. The third-order valence-corrected chi connectivity index (χ3v) is 7.76. The van der Waals surface area contributed by atoms with Crippen LogP contribution in [0.5, 0.6) is 0 Å². The van der Waals surface area contributed by atoms with Gasteiger partial charge in [-0.1, -0.05) is 44.2 Å². The fourth-order valence-electron chi connectivity index (χ4n) is 3.33. The first kappa shape index (κ1) is 36.5. The third kappa shape index (κ3) is 11.3. The third-order valence-electron chi connectivity index (χ3n) is 5.35. The minimum Gasteiger partial charge on any atom is -0.741 e. The summed E-state index contributed by atoms with van der Waals surface area (Å²) < 4.78 is 88.4. The van der Waals surface area contributed by atoms with E-state index in [2.05, 4.69) is 5.48 Å². The highest BCUT2D eigenvalue weighted by Crippen LogP contribution is 2.27. The lowest BCUT2D eigenvalue weighted by Gasteiger charge is -2.33. The molecule has 0 aliphatic heterocycles. The molecule has 10 nitrogen and oxygen atoms in total. The Bertz CT molecular complexity index is 1350. The molecule has 2 aromatic carbocycles. The van der Waals surface area contributed by atoms with E-state index in [1.54, 1.807) is 24.3 Å². The summed E-state index contributed by atoms with van der Waals surface area (Å²) in [6.45, 7) is 9.15. The average Bonchev–Trinajstić information content (AvgIpc) is 2.81. The van der Waals surface area contributed by atoms with Crippen molar-refractivity contribution in [2.24, 2.45) is 5.92 Å². The maximum Gasteiger partial charge on any atom is 0.485 e. The van der Waals surface area contributed by atoms with E-state index < -0.39 is 43.2 Å². The number of amides is 1. The molecule has 0 unspecified atom stereocenters. The number of quaternary nitrogens is 1. The summed E-state index contributed by atoms with van der Waals surface area (Å²) in [7, 11) is -4.04. The van der Waals surface area contributed by atoms with Gasteiger partial charge in [0.2, 0.25) is 10.0 Å². The lowest BCUT2D eigenvalue weighted by Crippen LogP contribution is -2.52. The standard InChI is InChI=1S/C25H37N3O4S.CHF3O3S/c1-19(2)23(24(29)26-32-25(3,4)5)27(18-20-12-10-9-11-13-20)33(30,31)22-16-14-21(15-17-22)28(6,7)8;2-1(3,4)8(5,6)7/h9-17,19,23H,18H2,1-8H3;(H,5,6,7)/t23-;/m1./s1. The predicted octanol–water partition coefficient (Wildman–Crippen LogP) is 4.00. The minimum absolute atomic E-state index is 0.0616. The number of alkyl halides is 3. The minimum atomic E-state index is -6.09. The highest BCUT2D eigenvalue weighted by Gasteiger charge is 2.39. The molecule has 0 heterocycles. The summed E-state index contributed by atoms with van der Waals surface area (Å²) in [5.74, 6) is -0.792. The van der Waals surface area contributed by atoms with Gasteiger partial charge in [0.25, 0.3) is 5.91 Å². The van der Waals surface area contributed by atoms with Gasteiger partial charge in [0.1, 0.15) is 11.7 Å². The van der Waals surface area contributed by atoms with Crippen LogP contribution in [0.3, 0.4) is 0 Å². The fraction of sp³-hybridized carbons (Fsp3) is 0.500. The molecular formula is C26H38F3N3O7S2. The quantitative estimate of drug-likeness (QED) is 0.193. The van der Waals surface area contributed by atoms with Crippen LogP contribution in [0.2, 0.25) is 0 Å². The molecule has 2 aromatic rings. The Labute approximate surface area is 240 Å². The smallest absolute Gasteiger partial charge is 0.485 e.